The summed E-state index contributed by atoms with van der Waals surface area (Å²) in [6, 6.07) is 7.44. The van der Waals surface area contributed by atoms with Gasteiger partial charge in [-0.05, 0) is 56.3 Å². The molecule has 0 radical (unpaired) electrons. The zero-order valence-corrected chi connectivity index (χ0v) is 14.0. The number of thiazole rings is 1. The predicted molar refractivity (Wildman–Crippen MR) is 90.2 cm³/mol. The molecule has 1 N–H and O–H groups in total. The number of likely N-dealkylation sites (N-methyl/N-ethyl adjacent to an activating group) is 1. The Bertz CT molecular complexity index is 611. The van der Waals surface area contributed by atoms with Gasteiger partial charge in [0.1, 0.15) is 0 Å². The third kappa shape index (κ3) is 3.19. The van der Waals surface area contributed by atoms with Crippen molar-refractivity contribution < 1.29 is 0 Å². The first-order chi connectivity index (χ1) is 10.2. The Morgan fingerprint density at radius 2 is 2.05 bits per heavy atom. The van der Waals surface area contributed by atoms with Crippen molar-refractivity contribution in [2.24, 2.45) is 0 Å². The van der Waals surface area contributed by atoms with Gasteiger partial charge in [-0.1, -0.05) is 25.1 Å². The lowest BCUT2D eigenvalue weighted by Gasteiger charge is -2.18. The van der Waals surface area contributed by atoms with Crippen LogP contribution in [0.3, 0.4) is 0 Å². The molecule has 2 nitrogen and oxygen atoms in total. The fourth-order valence-corrected chi connectivity index (χ4v) is 4.14. The molecule has 0 aliphatic heterocycles. The molecule has 3 heteroatoms. The van der Waals surface area contributed by atoms with Gasteiger partial charge < -0.3 is 5.32 Å². The van der Waals surface area contributed by atoms with Crippen LogP contribution in [0, 0.1) is 13.8 Å². The number of rotatable bonds is 5. The van der Waals surface area contributed by atoms with Gasteiger partial charge in [0, 0.05) is 17.3 Å². The van der Waals surface area contributed by atoms with Crippen LogP contribution < -0.4 is 5.32 Å². The van der Waals surface area contributed by atoms with Crippen molar-refractivity contribution in [1.29, 1.82) is 0 Å². The second-order valence-electron chi connectivity index (χ2n) is 5.95. The average molecular weight is 300 g/mol. The summed E-state index contributed by atoms with van der Waals surface area (Å²) in [5.41, 5.74) is 5.71. The fraction of sp³-hybridized carbons (Fsp3) is 0.500. The standard InChI is InChI=1S/C18H24N2S/c1-4-19-17(11-18-20-12(2)13(3)21-18)16-9-8-14-6-5-7-15(14)10-16/h8-10,17,19H,4-7,11H2,1-3H3. The van der Waals surface area contributed by atoms with E-state index in [4.69, 9.17) is 4.98 Å². The molecule has 0 bridgehead atoms. The fourth-order valence-electron chi connectivity index (χ4n) is 3.16. The Kier molecular flexibility index (Phi) is 4.41. The summed E-state index contributed by atoms with van der Waals surface area (Å²) in [6.07, 6.45) is 4.81. The molecule has 1 aromatic carbocycles. The van der Waals surface area contributed by atoms with Gasteiger partial charge in [-0.3, -0.25) is 0 Å². The van der Waals surface area contributed by atoms with Gasteiger partial charge >= 0.3 is 0 Å². The first-order valence-electron chi connectivity index (χ1n) is 7.95. The van der Waals surface area contributed by atoms with Crippen LogP contribution in [-0.4, -0.2) is 11.5 Å². The second kappa shape index (κ2) is 6.29. The van der Waals surface area contributed by atoms with Crippen LogP contribution in [0.5, 0.6) is 0 Å². The SMILES string of the molecule is CCNC(Cc1nc(C)c(C)s1)c1ccc2c(c1)CCC2. The summed E-state index contributed by atoms with van der Waals surface area (Å²) in [6.45, 7) is 7.44. The first-order valence-corrected chi connectivity index (χ1v) is 8.77. The smallest absolute Gasteiger partial charge is 0.0949 e. The zero-order valence-electron chi connectivity index (χ0n) is 13.2. The van der Waals surface area contributed by atoms with E-state index < -0.39 is 0 Å². The molecular weight excluding hydrogens is 276 g/mol. The third-order valence-electron chi connectivity index (χ3n) is 4.43. The number of nitrogens with zero attached hydrogens (tertiary/aromatic N) is 1. The van der Waals surface area contributed by atoms with Crippen LogP contribution in [0.2, 0.25) is 0 Å². The van der Waals surface area contributed by atoms with Crippen LogP contribution in [-0.2, 0) is 19.3 Å². The van der Waals surface area contributed by atoms with E-state index in [0.29, 0.717) is 6.04 Å². The van der Waals surface area contributed by atoms with Crippen molar-refractivity contribution in [2.75, 3.05) is 6.54 Å². The van der Waals surface area contributed by atoms with Gasteiger partial charge in [-0.15, -0.1) is 11.3 Å². The highest BCUT2D eigenvalue weighted by molar-refractivity contribution is 7.11. The molecule has 1 unspecified atom stereocenters. The van der Waals surface area contributed by atoms with Crippen molar-refractivity contribution in [3.8, 4) is 0 Å². The van der Waals surface area contributed by atoms with Gasteiger partial charge in [0.15, 0.2) is 0 Å². The maximum atomic E-state index is 4.71. The molecule has 2 aromatic rings. The Balaban J connectivity index is 1.83. The average Bonchev–Trinajstić information content (AvgIpc) is 3.05. The van der Waals surface area contributed by atoms with E-state index in [1.165, 1.54) is 40.4 Å². The van der Waals surface area contributed by atoms with Crippen molar-refractivity contribution in [3.05, 3.63) is 50.5 Å². The second-order valence-corrected chi connectivity index (χ2v) is 7.23. The summed E-state index contributed by atoms with van der Waals surface area (Å²) in [5.74, 6) is 0. The predicted octanol–water partition coefficient (Wildman–Crippen LogP) is 4.14. The van der Waals surface area contributed by atoms with E-state index in [0.717, 1.165) is 13.0 Å². The van der Waals surface area contributed by atoms with Crippen LogP contribution in [0.1, 0.15) is 51.7 Å². The van der Waals surface area contributed by atoms with E-state index >= 15 is 0 Å². The number of benzene rings is 1. The largest absolute Gasteiger partial charge is 0.310 e. The highest BCUT2D eigenvalue weighted by Gasteiger charge is 2.17. The molecule has 3 rings (SSSR count). The summed E-state index contributed by atoms with van der Waals surface area (Å²) in [5, 5.41) is 4.88. The van der Waals surface area contributed by atoms with Gasteiger partial charge in [0.25, 0.3) is 0 Å². The minimum atomic E-state index is 0.380. The monoisotopic (exact) mass is 300 g/mol. The van der Waals surface area contributed by atoms with Gasteiger partial charge in [-0.25, -0.2) is 4.98 Å². The van der Waals surface area contributed by atoms with Gasteiger partial charge in [-0.2, -0.15) is 0 Å². The molecular formula is C18H24N2S. The molecule has 0 saturated carbocycles. The van der Waals surface area contributed by atoms with E-state index in [-0.39, 0.29) is 0 Å². The molecule has 1 aliphatic rings. The maximum absolute atomic E-state index is 4.71. The van der Waals surface area contributed by atoms with Gasteiger partial charge in [0.2, 0.25) is 0 Å². The van der Waals surface area contributed by atoms with E-state index in [1.54, 1.807) is 11.1 Å². The van der Waals surface area contributed by atoms with E-state index in [9.17, 15) is 0 Å². The number of hydrogen-bond donors (Lipinski definition) is 1. The third-order valence-corrected chi connectivity index (χ3v) is 5.52. The topological polar surface area (TPSA) is 24.9 Å². The molecule has 0 fully saturated rings. The summed E-state index contributed by atoms with van der Waals surface area (Å²) in [4.78, 5) is 6.05. The van der Waals surface area contributed by atoms with Crippen molar-refractivity contribution >= 4 is 11.3 Å². The van der Waals surface area contributed by atoms with E-state index in [2.05, 4.69) is 44.3 Å². The van der Waals surface area contributed by atoms with E-state index in [1.807, 2.05) is 11.3 Å². The Morgan fingerprint density at radius 3 is 2.76 bits per heavy atom. The molecule has 1 aliphatic carbocycles. The van der Waals surface area contributed by atoms with Crippen LogP contribution in [0.25, 0.3) is 0 Å². The Hall–Kier alpha value is -1.19. The molecule has 0 saturated heterocycles. The van der Waals surface area contributed by atoms with Crippen LogP contribution in [0.15, 0.2) is 18.2 Å². The number of aryl methyl sites for hydroxylation is 4. The van der Waals surface area contributed by atoms with Gasteiger partial charge in [0.05, 0.1) is 10.7 Å². The molecule has 0 amide bonds. The highest BCUT2D eigenvalue weighted by atomic mass is 32.1. The van der Waals surface area contributed by atoms with Crippen molar-refractivity contribution in [3.63, 3.8) is 0 Å². The highest BCUT2D eigenvalue weighted by Crippen LogP contribution is 2.28. The molecule has 112 valence electrons. The molecule has 21 heavy (non-hydrogen) atoms. The zero-order chi connectivity index (χ0) is 14.8. The molecule has 1 aromatic heterocycles. The maximum Gasteiger partial charge on any atom is 0.0949 e. The summed E-state index contributed by atoms with van der Waals surface area (Å²) in [7, 11) is 0. The Labute approximate surface area is 131 Å². The molecule has 1 atom stereocenters. The van der Waals surface area contributed by atoms with Crippen LogP contribution in [0.4, 0.5) is 0 Å². The minimum Gasteiger partial charge on any atom is -0.310 e. The number of aromatic nitrogens is 1. The summed E-state index contributed by atoms with van der Waals surface area (Å²) < 4.78 is 0. The van der Waals surface area contributed by atoms with Crippen LogP contribution >= 0.6 is 11.3 Å². The minimum absolute atomic E-state index is 0.380. The first kappa shape index (κ1) is 14.7. The molecule has 0 spiro atoms. The van der Waals surface area contributed by atoms with Crippen molar-refractivity contribution in [2.45, 2.75) is 52.5 Å². The van der Waals surface area contributed by atoms with Crippen molar-refractivity contribution in [1.82, 2.24) is 10.3 Å². The number of fused-ring (bicyclic) bond motifs is 1. The Morgan fingerprint density at radius 1 is 1.24 bits per heavy atom. The normalized spacial score (nSPS) is 15.2. The lowest BCUT2D eigenvalue weighted by molar-refractivity contribution is 0.548. The molecule has 1 heterocycles. The number of hydrogen-bond acceptors (Lipinski definition) is 3. The lowest BCUT2D eigenvalue weighted by atomic mass is 9.99. The quantitative estimate of drug-likeness (QED) is 0.897. The lowest BCUT2D eigenvalue weighted by Crippen LogP contribution is -2.23. The number of nitrogens with one attached hydrogen (secondary N) is 1. The summed E-state index contributed by atoms with van der Waals surface area (Å²) >= 11 is 1.84.